The lowest BCUT2D eigenvalue weighted by Gasteiger charge is -2.09. The molecule has 0 radical (unpaired) electrons. The van der Waals surface area contributed by atoms with Crippen molar-refractivity contribution in [3.05, 3.63) is 76.6 Å². The van der Waals surface area contributed by atoms with Gasteiger partial charge in [-0.25, -0.2) is 9.82 Å². The van der Waals surface area contributed by atoms with Crippen LogP contribution in [0.5, 0.6) is 5.75 Å². The molecule has 6 heteroatoms. The van der Waals surface area contributed by atoms with Crippen molar-refractivity contribution in [2.75, 3.05) is 7.11 Å². The van der Waals surface area contributed by atoms with E-state index in [0.29, 0.717) is 11.3 Å². The summed E-state index contributed by atoms with van der Waals surface area (Å²) in [5, 5.41) is 5.85. The quantitative estimate of drug-likeness (QED) is 0.556. The molecule has 0 aliphatic rings. The number of carbonyl (C=O) groups excluding carboxylic acids is 1. The van der Waals surface area contributed by atoms with Gasteiger partial charge in [0.15, 0.2) is 0 Å². The summed E-state index contributed by atoms with van der Waals surface area (Å²) in [4.78, 5) is 12.4. The topological polar surface area (TPSA) is 50.7 Å². The van der Waals surface area contributed by atoms with Gasteiger partial charge in [-0.2, -0.15) is 5.10 Å². The predicted molar refractivity (Wildman–Crippen MR) is 97.0 cm³/mol. The molecule has 25 heavy (non-hydrogen) atoms. The lowest BCUT2D eigenvalue weighted by molar-refractivity contribution is 0.0952. The van der Waals surface area contributed by atoms with Crippen LogP contribution in [-0.2, 0) is 0 Å². The third-order valence-corrected chi connectivity index (χ3v) is 4.00. The molecule has 1 N–H and O–H groups in total. The van der Waals surface area contributed by atoms with Crippen LogP contribution in [0.3, 0.4) is 0 Å². The smallest absolute Gasteiger partial charge is 0.275 e. The Morgan fingerprint density at radius 3 is 2.56 bits per heavy atom. The van der Waals surface area contributed by atoms with Crippen molar-refractivity contribution in [1.82, 2.24) is 5.43 Å². The van der Waals surface area contributed by atoms with Crippen LogP contribution in [0.25, 0.3) is 10.8 Å². The van der Waals surface area contributed by atoms with Gasteiger partial charge in [-0.1, -0.05) is 41.9 Å². The van der Waals surface area contributed by atoms with Crippen LogP contribution in [0, 0.1) is 5.82 Å². The van der Waals surface area contributed by atoms with Gasteiger partial charge >= 0.3 is 0 Å². The van der Waals surface area contributed by atoms with E-state index in [1.165, 1.54) is 25.5 Å². The monoisotopic (exact) mass is 356 g/mol. The Hall–Kier alpha value is -2.92. The largest absolute Gasteiger partial charge is 0.496 e. The van der Waals surface area contributed by atoms with Crippen molar-refractivity contribution in [2.45, 2.75) is 0 Å². The SMILES string of the molecule is COc1cc2ccccc2cc1C(=O)N/N=C/c1c(F)cccc1Cl. The number of hydrazone groups is 1. The summed E-state index contributed by atoms with van der Waals surface area (Å²) in [5.74, 6) is -0.560. The molecule has 0 spiro atoms. The number of fused-ring (bicyclic) bond motifs is 1. The van der Waals surface area contributed by atoms with Crippen molar-refractivity contribution >= 4 is 34.5 Å². The molecule has 3 aromatic carbocycles. The van der Waals surface area contributed by atoms with E-state index in [2.05, 4.69) is 10.5 Å². The van der Waals surface area contributed by atoms with E-state index >= 15 is 0 Å². The highest BCUT2D eigenvalue weighted by Crippen LogP contribution is 2.26. The molecule has 3 rings (SSSR count). The van der Waals surface area contributed by atoms with Crippen LogP contribution >= 0.6 is 11.6 Å². The third-order valence-electron chi connectivity index (χ3n) is 3.67. The normalized spacial score (nSPS) is 11.0. The Kier molecular flexibility index (Phi) is 4.95. The summed E-state index contributed by atoms with van der Waals surface area (Å²) in [7, 11) is 1.49. The molecule has 0 fully saturated rings. The third kappa shape index (κ3) is 3.61. The number of methoxy groups -OCH3 is 1. The van der Waals surface area contributed by atoms with Crippen LogP contribution in [0.15, 0.2) is 59.7 Å². The van der Waals surface area contributed by atoms with E-state index in [1.807, 2.05) is 24.3 Å². The summed E-state index contributed by atoms with van der Waals surface area (Å²) in [6.45, 7) is 0. The lowest BCUT2D eigenvalue weighted by atomic mass is 10.1. The molecule has 0 aliphatic carbocycles. The maximum absolute atomic E-state index is 13.7. The summed E-state index contributed by atoms with van der Waals surface area (Å²) in [5.41, 5.74) is 2.80. The standard InChI is InChI=1S/C19H14ClFN2O2/c1-25-18-10-13-6-3-2-5-12(13)9-14(18)19(24)23-22-11-15-16(20)7-4-8-17(15)21/h2-11H,1H3,(H,23,24)/b22-11+. The Morgan fingerprint density at radius 2 is 1.88 bits per heavy atom. The van der Waals surface area contributed by atoms with Crippen molar-refractivity contribution in [2.24, 2.45) is 5.10 Å². The Bertz CT molecular complexity index is 953. The number of benzene rings is 3. The molecule has 126 valence electrons. The predicted octanol–water partition coefficient (Wildman–Crippen LogP) is 4.40. The summed E-state index contributed by atoms with van der Waals surface area (Å²) in [6, 6.07) is 15.4. The first-order valence-corrected chi connectivity index (χ1v) is 7.82. The zero-order chi connectivity index (χ0) is 17.8. The number of carbonyl (C=O) groups is 1. The van der Waals surface area contributed by atoms with Crippen molar-refractivity contribution < 1.29 is 13.9 Å². The van der Waals surface area contributed by atoms with E-state index < -0.39 is 11.7 Å². The summed E-state index contributed by atoms with van der Waals surface area (Å²) in [6.07, 6.45) is 1.17. The van der Waals surface area contributed by atoms with Crippen molar-refractivity contribution in [1.29, 1.82) is 0 Å². The zero-order valence-corrected chi connectivity index (χ0v) is 14.0. The summed E-state index contributed by atoms with van der Waals surface area (Å²) >= 11 is 5.91. The van der Waals surface area contributed by atoms with Gasteiger partial charge in [0.2, 0.25) is 0 Å². The lowest BCUT2D eigenvalue weighted by Crippen LogP contribution is -2.18. The van der Waals surface area contributed by atoms with Crippen LogP contribution in [0.1, 0.15) is 15.9 Å². The van der Waals surface area contributed by atoms with Crippen molar-refractivity contribution in [3.63, 3.8) is 0 Å². The van der Waals surface area contributed by atoms with Crippen LogP contribution in [-0.4, -0.2) is 19.2 Å². The second-order valence-corrected chi connectivity index (χ2v) is 5.64. The molecule has 4 nitrogen and oxygen atoms in total. The van der Waals surface area contributed by atoms with Gasteiger partial charge in [0.05, 0.1) is 23.9 Å². The van der Waals surface area contributed by atoms with E-state index in [4.69, 9.17) is 16.3 Å². The number of hydrogen-bond acceptors (Lipinski definition) is 3. The van der Waals surface area contributed by atoms with E-state index in [9.17, 15) is 9.18 Å². The van der Waals surface area contributed by atoms with E-state index in [-0.39, 0.29) is 10.6 Å². The molecule has 0 heterocycles. The molecule has 0 unspecified atom stereocenters. The highest BCUT2D eigenvalue weighted by molar-refractivity contribution is 6.33. The first-order chi connectivity index (χ1) is 12.1. The zero-order valence-electron chi connectivity index (χ0n) is 13.3. The first kappa shape index (κ1) is 16.9. The fourth-order valence-electron chi connectivity index (χ4n) is 2.42. The maximum atomic E-state index is 13.7. The number of nitrogens with one attached hydrogen (secondary N) is 1. The fraction of sp³-hybridized carbons (Fsp3) is 0.0526. The van der Waals surface area contributed by atoms with Crippen LogP contribution in [0.4, 0.5) is 4.39 Å². The fourth-order valence-corrected chi connectivity index (χ4v) is 2.63. The molecule has 0 aromatic heterocycles. The highest BCUT2D eigenvalue weighted by atomic mass is 35.5. The highest BCUT2D eigenvalue weighted by Gasteiger charge is 2.13. The molecular formula is C19H14ClFN2O2. The molecular weight excluding hydrogens is 343 g/mol. The van der Waals surface area contributed by atoms with Crippen molar-refractivity contribution in [3.8, 4) is 5.75 Å². The second-order valence-electron chi connectivity index (χ2n) is 5.23. The van der Waals surface area contributed by atoms with E-state index in [1.54, 1.807) is 18.2 Å². The Morgan fingerprint density at radius 1 is 1.16 bits per heavy atom. The average Bonchev–Trinajstić information content (AvgIpc) is 2.62. The van der Waals surface area contributed by atoms with Crippen LogP contribution < -0.4 is 10.2 Å². The van der Waals surface area contributed by atoms with Gasteiger partial charge in [0.25, 0.3) is 5.91 Å². The minimum atomic E-state index is -0.520. The molecule has 0 saturated heterocycles. The Balaban J connectivity index is 1.86. The number of ether oxygens (including phenoxy) is 1. The number of hydrogen-bond donors (Lipinski definition) is 1. The average molecular weight is 357 g/mol. The molecule has 3 aromatic rings. The Labute approximate surface area is 148 Å². The van der Waals surface area contributed by atoms with E-state index in [0.717, 1.165) is 10.8 Å². The van der Waals surface area contributed by atoms with Crippen LogP contribution in [0.2, 0.25) is 5.02 Å². The van der Waals surface area contributed by atoms with Gasteiger partial charge in [0.1, 0.15) is 11.6 Å². The number of amides is 1. The van der Waals surface area contributed by atoms with Gasteiger partial charge in [0, 0.05) is 5.56 Å². The molecule has 0 atom stereocenters. The number of nitrogens with zero attached hydrogens (tertiary/aromatic N) is 1. The minimum absolute atomic E-state index is 0.106. The van der Waals surface area contributed by atoms with Gasteiger partial charge in [-0.3, -0.25) is 4.79 Å². The number of rotatable bonds is 4. The molecule has 0 saturated carbocycles. The van der Waals surface area contributed by atoms with Gasteiger partial charge in [-0.15, -0.1) is 0 Å². The van der Waals surface area contributed by atoms with Gasteiger partial charge in [-0.05, 0) is 35.0 Å². The first-order valence-electron chi connectivity index (χ1n) is 7.44. The molecule has 0 bridgehead atoms. The molecule has 0 aliphatic heterocycles. The minimum Gasteiger partial charge on any atom is -0.496 e. The molecule has 1 amide bonds. The number of halogens is 2. The van der Waals surface area contributed by atoms with Gasteiger partial charge < -0.3 is 4.74 Å². The maximum Gasteiger partial charge on any atom is 0.275 e. The second kappa shape index (κ2) is 7.32. The summed E-state index contributed by atoms with van der Waals surface area (Å²) < 4.78 is 19.0.